The number of ketones is 1. The molecule has 37 heavy (non-hydrogen) atoms. The van der Waals surface area contributed by atoms with Crippen molar-refractivity contribution >= 4 is 51.0 Å². The number of fused-ring (bicyclic) bond motifs is 3. The second kappa shape index (κ2) is 9.97. The number of hydrogen-bond acceptors (Lipinski definition) is 6. The monoisotopic (exact) mass is 601 g/mol. The maximum absolute atomic E-state index is 13.4. The van der Waals surface area contributed by atoms with Crippen LogP contribution in [0.5, 0.6) is 17.2 Å². The molecule has 0 bridgehead atoms. The maximum Gasteiger partial charge on any atom is 0.231 e. The SMILES string of the molecule is Cc1c2c(cc3c1O/C(=C\c1cc(Br)cc4c1OCOC4)C3=O)CN(CCc1ccc(Cl)cc1Cl)CO2. The number of hydrogen-bond donors (Lipinski definition) is 0. The molecule has 3 heterocycles. The van der Waals surface area contributed by atoms with E-state index in [9.17, 15) is 4.79 Å². The van der Waals surface area contributed by atoms with Crippen LogP contribution in [0.15, 0.2) is 46.6 Å². The van der Waals surface area contributed by atoms with Gasteiger partial charge in [-0.2, -0.15) is 0 Å². The molecule has 3 aromatic carbocycles. The molecule has 0 atom stereocenters. The summed E-state index contributed by atoms with van der Waals surface area (Å²) in [5, 5.41) is 1.28. The number of halogens is 3. The molecule has 0 amide bonds. The summed E-state index contributed by atoms with van der Waals surface area (Å²) in [6, 6.07) is 11.3. The van der Waals surface area contributed by atoms with Crippen LogP contribution in [-0.2, 0) is 24.3 Å². The van der Waals surface area contributed by atoms with E-state index >= 15 is 0 Å². The summed E-state index contributed by atoms with van der Waals surface area (Å²) in [7, 11) is 0. The summed E-state index contributed by atoms with van der Waals surface area (Å²) in [4.78, 5) is 15.6. The van der Waals surface area contributed by atoms with Gasteiger partial charge in [0, 0.05) is 49.9 Å². The zero-order valence-corrected chi connectivity index (χ0v) is 23.0. The number of allylic oxidation sites excluding steroid dienone is 1. The van der Waals surface area contributed by atoms with Crippen LogP contribution in [0, 0.1) is 6.92 Å². The average molecular weight is 603 g/mol. The topological polar surface area (TPSA) is 57.2 Å². The fourth-order valence-electron chi connectivity index (χ4n) is 4.90. The van der Waals surface area contributed by atoms with E-state index in [0.717, 1.165) is 51.0 Å². The largest absolute Gasteiger partial charge is 0.477 e. The summed E-state index contributed by atoms with van der Waals surface area (Å²) in [5.74, 6) is 2.11. The summed E-state index contributed by atoms with van der Waals surface area (Å²) >= 11 is 15.9. The molecular formula is C28H22BrCl2NO5. The fraction of sp³-hybridized carbons (Fsp3) is 0.250. The Bertz CT molecular complexity index is 1470. The van der Waals surface area contributed by atoms with E-state index in [1.807, 2.05) is 37.3 Å². The highest BCUT2D eigenvalue weighted by Gasteiger charge is 2.34. The van der Waals surface area contributed by atoms with Gasteiger partial charge in [-0.25, -0.2) is 0 Å². The van der Waals surface area contributed by atoms with E-state index in [1.54, 1.807) is 12.1 Å². The molecule has 190 valence electrons. The average Bonchev–Trinajstić information content (AvgIpc) is 3.18. The molecule has 0 aliphatic carbocycles. The Morgan fingerprint density at radius 1 is 1.05 bits per heavy atom. The third-order valence-electron chi connectivity index (χ3n) is 6.70. The van der Waals surface area contributed by atoms with Gasteiger partial charge in [-0.05, 0) is 55.3 Å². The van der Waals surface area contributed by atoms with Gasteiger partial charge in [-0.1, -0.05) is 45.2 Å². The number of Topliss-reactive ketones (excluding diaryl/α,β-unsaturated/α-hetero) is 1. The maximum atomic E-state index is 13.4. The van der Waals surface area contributed by atoms with Crippen LogP contribution in [-0.4, -0.2) is 30.8 Å². The number of benzene rings is 3. The molecule has 0 unspecified atom stereocenters. The highest BCUT2D eigenvalue weighted by atomic mass is 79.9. The van der Waals surface area contributed by atoms with Gasteiger partial charge in [-0.15, -0.1) is 0 Å². The predicted octanol–water partition coefficient (Wildman–Crippen LogP) is 6.94. The summed E-state index contributed by atoms with van der Waals surface area (Å²) < 4.78 is 24.2. The van der Waals surface area contributed by atoms with Crippen molar-refractivity contribution in [3.8, 4) is 17.2 Å². The van der Waals surface area contributed by atoms with Gasteiger partial charge in [0.15, 0.2) is 12.6 Å². The predicted molar refractivity (Wildman–Crippen MR) is 145 cm³/mol. The first-order chi connectivity index (χ1) is 17.9. The number of carbonyl (C=O) groups excluding carboxylic acids is 1. The summed E-state index contributed by atoms with van der Waals surface area (Å²) in [5.41, 5.74) is 5.03. The van der Waals surface area contributed by atoms with Crippen molar-refractivity contribution in [1.29, 1.82) is 0 Å². The third kappa shape index (κ3) is 4.75. The van der Waals surface area contributed by atoms with Gasteiger partial charge >= 0.3 is 0 Å². The van der Waals surface area contributed by atoms with Crippen LogP contribution in [0.3, 0.4) is 0 Å². The molecular weight excluding hydrogens is 581 g/mol. The van der Waals surface area contributed by atoms with Gasteiger partial charge in [0.05, 0.1) is 12.2 Å². The minimum Gasteiger partial charge on any atom is -0.477 e. The zero-order chi connectivity index (χ0) is 25.7. The number of carbonyl (C=O) groups is 1. The van der Waals surface area contributed by atoms with Gasteiger partial charge in [0.2, 0.25) is 5.78 Å². The number of ether oxygens (including phenoxy) is 4. The Balaban J connectivity index is 1.25. The Kier molecular flexibility index (Phi) is 6.67. The molecule has 0 fully saturated rings. The molecule has 9 heteroatoms. The Hall–Kier alpha value is -2.55. The van der Waals surface area contributed by atoms with E-state index in [4.69, 9.17) is 42.1 Å². The fourth-order valence-corrected chi connectivity index (χ4v) is 5.93. The zero-order valence-electron chi connectivity index (χ0n) is 19.9. The van der Waals surface area contributed by atoms with Gasteiger partial charge in [0.1, 0.15) is 24.0 Å². The Morgan fingerprint density at radius 2 is 1.92 bits per heavy atom. The molecule has 6 nitrogen and oxygen atoms in total. The molecule has 0 saturated carbocycles. The van der Waals surface area contributed by atoms with Crippen molar-refractivity contribution in [2.45, 2.75) is 26.5 Å². The van der Waals surface area contributed by atoms with Crippen LogP contribution >= 0.6 is 39.1 Å². The van der Waals surface area contributed by atoms with Crippen molar-refractivity contribution in [2.24, 2.45) is 0 Å². The first-order valence-electron chi connectivity index (χ1n) is 11.8. The lowest BCUT2D eigenvalue weighted by Crippen LogP contribution is -2.34. The molecule has 0 radical (unpaired) electrons. The van der Waals surface area contributed by atoms with Gasteiger partial charge in [-0.3, -0.25) is 9.69 Å². The van der Waals surface area contributed by atoms with Crippen LogP contribution in [0.2, 0.25) is 10.0 Å². The van der Waals surface area contributed by atoms with Gasteiger partial charge in [0.25, 0.3) is 0 Å². The van der Waals surface area contributed by atoms with Crippen molar-refractivity contribution in [1.82, 2.24) is 4.90 Å². The number of nitrogens with zero attached hydrogens (tertiary/aromatic N) is 1. The highest BCUT2D eigenvalue weighted by molar-refractivity contribution is 9.10. The lowest BCUT2D eigenvalue weighted by atomic mass is 9.99. The molecule has 3 aliphatic rings. The lowest BCUT2D eigenvalue weighted by molar-refractivity contribution is -0.0165. The van der Waals surface area contributed by atoms with Gasteiger partial charge < -0.3 is 18.9 Å². The first kappa shape index (κ1) is 24.8. The van der Waals surface area contributed by atoms with Crippen molar-refractivity contribution in [3.63, 3.8) is 0 Å². The van der Waals surface area contributed by atoms with Crippen molar-refractivity contribution in [3.05, 3.63) is 90.1 Å². The Labute approximate surface area is 232 Å². The molecule has 3 aliphatic heterocycles. The Morgan fingerprint density at radius 3 is 2.76 bits per heavy atom. The summed E-state index contributed by atoms with van der Waals surface area (Å²) in [6.07, 6.45) is 2.50. The molecule has 6 rings (SSSR count). The smallest absolute Gasteiger partial charge is 0.231 e. The third-order valence-corrected chi connectivity index (χ3v) is 7.75. The molecule has 0 N–H and O–H groups in total. The van der Waals surface area contributed by atoms with E-state index in [0.29, 0.717) is 47.0 Å². The minimum atomic E-state index is -0.160. The first-order valence-corrected chi connectivity index (χ1v) is 13.3. The van der Waals surface area contributed by atoms with Crippen molar-refractivity contribution < 1.29 is 23.7 Å². The normalized spacial score (nSPS) is 17.5. The number of rotatable bonds is 4. The second-order valence-corrected chi connectivity index (χ2v) is 11.0. The quantitative estimate of drug-likeness (QED) is 0.302. The molecule has 0 saturated heterocycles. The minimum absolute atomic E-state index is 0.160. The van der Waals surface area contributed by atoms with Crippen LogP contribution in [0.4, 0.5) is 0 Å². The lowest BCUT2D eigenvalue weighted by Gasteiger charge is -2.30. The van der Waals surface area contributed by atoms with Crippen molar-refractivity contribution in [2.75, 3.05) is 20.1 Å². The second-order valence-electron chi connectivity index (χ2n) is 9.21. The van der Waals surface area contributed by atoms with E-state index in [1.165, 1.54) is 0 Å². The van der Waals surface area contributed by atoms with Crippen LogP contribution < -0.4 is 14.2 Å². The molecule has 0 spiro atoms. The molecule has 3 aromatic rings. The van der Waals surface area contributed by atoms with E-state index in [2.05, 4.69) is 20.8 Å². The standard InChI is InChI=1S/C28H22BrCl2NO5/c1-15-26-18(11-32(13-35-26)5-4-16-2-3-21(30)10-23(16)31)8-22-25(33)24(37-27(15)22)9-17-6-20(29)7-19-12-34-14-36-28(17)19/h2-3,6-10H,4-5,11-14H2,1H3/b24-9-. The van der Waals surface area contributed by atoms with E-state index in [-0.39, 0.29) is 18.3 Å². The highest BCUT2D eigenvalue weighted by Crippen LogP contribution is 2.44. The summed E-state index contributed by atoms with van der Waals surface area (Å²) in [6.45, 7) is 4.41. The van der Waals surface area contributed by atoms with Crippen LogP contribution in [0.1, 0.15) is 38.2 Å². The molecule has 0 aromatic heterocycles. The van der Waals surface area contributed by atoms with Crippen LogP contribution in [0.25, 0.3) is 6.08 Å². The van der Waals surface area contributed by atoms with E-state index < -0.39 is 0 Å².